The average Bonchev–Trinajstić information content (AvgIpc) is 2.36. The molecule has 7 heteroatoms. The number of carbonyl (C=O) groups excluding carboxylic acids is 2. The quantitative estimate of drug-likeness (QED) is 0.512. The second-order valence-electron chi connectivity index (χ2n) is 3.40. The molecule has 0 bridgehead atoms. The molecular formula is C11H12Cl2N2O3. The molecule has 0 spiro atoms. The van der Waals surface area contributed by atoms with Crippen molar-refractivity contribution in [3.63, 3.8) is 0 Å². The normalized spacial score (nSPS) is 9.94. The van der Waals surface area contributed by atoms with Crippen molar-refractivity contribution < 1.29 is 14.3 Å². The van der Waals surface area contributed by atoms with Crippen molar-refractivity contribution >= 4 is 35.1 Å². The zero-order chi connectivity index (χ0) is 13.5. The van der Waals surface area contributed by atoms with Crippen LogP contribution in [-0.4, -0.2) is 30.5 Å². The van der Waals surface area contributed by atoms with Crippen LogP contribution >= 0.6 is 23.2 Å². The maximum atomic E-state index is 11.7. The van der Waals surface area contributed by atoms with Crippen LogP contribution in [0.5, 0.6) is 0 Å². The van der Waals surface area contributed by atoms with Crippen molar-refractivity contribution in [3.05, 3.63) is 28.0 Å². The lowest BCUT2D eigenvalue weighted by Crippen LogP contribution is -2.26. The molecule has 0 saturated carbocycles. The van der Waals surface area contributed by atoms with Gasteiger partial charge in [-0.15, -0.1) is 0 Å². The topological polar surface area (TPSA) is 68.3 Å². The molecule has 0 aliphatic heterocycles. The third-order valence-electron chi connectivity index (χ3n) is 2.10. The number of halogens is 2. The predicted octanol–water partition coefficient (Wildman–Crippen LogP) is 2.07. The molecule has 98 valence electrons. The smallest absolute Gasteiger partial charge is 0.305 e. The Morgan fingerprint density at radius 2 is 2.11 bits per heavy atom. The molecule has 1 N–H and O–H groups in total. The average molecular weight is 291 g/mol. The zero-order valence-electron chi connectivity index (χ0n) is 9.70. The van der Waals surface area contributed by atoms with E-state index in [0.29, 0.717) is 13.0 Å². The van der Waals surface area contributed by atoms with E-state index in [9.17, 15) is 9.59 Å². The molecule has 18 heavy (non-hydrogen) atoms. The molecule has 1 aromatic heterocycles. The van der Waals surface area contributed by atoms with E-state index in [1.54, 1.807) is 0 Å². The fourth-order valence-corrected chi connectivity index (χ4v) is 1.54. The summed E-state index contributed by atoms with van der Waals surface area (Å²) in [5, 5.41) is 3.01. The SMILES string of the molecule is COC(=O)CCCNC(=O)c1nc(Cl)ccc1Cl. The van der Waals surface area contributed by atoms with E-state index in [4.69, 9.17) is 23.2 Å². The predicted molar refractivity (Wildman–Crippen MR) is 67.8 cm³/mol. The summed E-state index contributed by atoms with van der Waals surface area (Å²) in [6.45, 7) is 0.332. The van der Waals surface area contributed by atoms with Crippen LogP contribution in [0.4, 0.5) is 0 Å². The van der Waals surface area contributed by atoms with E-state index >= 15 is 0 Å². The summed E-state index contributed by atoms with van der Waals surface area (Å²) in [7, 11) is 1.32. The number of esters is 1. The minimum Gasteiger partial charge on any atom is -0.469 e. The lowest BCUT2D eigenvalue weighted by molar-refractivity contribution is -0.140. The van der Waals surface area contributed by atoms with Crippen LogP contribution in [0.25, 0.3) is 0 Å². The van der Waals surface area contributed by atoms with E-state index in [2.05, 4.69) is 15.0 Å². The Balaban J connectivity index is 2.46. The van der Waals surface area contributed by atoms with Crippen molar-refractivity contribution in [1.29, 1.82) is 0 Å². The first-order valence-corrected chi connectivity index (χ1v) is 5.97. The molecule has 1 amide bonds. The van der Waals surface area contributed by atoms with Crippen LogP contribution < -0.4 is 5.32 Å². The molecule has 0 aliphatic carbocycles. The maximum Gasteiger partial charge on any atom is 0.305 e. The number of nitrogens with one attached hydrogen (secondary N) is 1. The van der Waals surface area contributed by atoms with E-state index in [0.717, 1.165) is 0 Å². The Kier molecular flexibility index (Phi) is 5.88. The largest absolute Gasteiger partial charge is 0.469 e. The van der Waals surface area contributed by atoms with Gasteiger partial charge < -0.3 is 10.1 Å². The van der Waals surface area contributed by atoms with Crippen LogP contribution in [0, 0.1) is 0 Å². The van der Waals surface area contributed by atoms with Gasteiger partial charge >= 0.3 is 5.97 Å². The fourth-order valence-electron chi connectivity index (χ4n) is 1.20. The summed E-state index contributed by atoms with van der Waals surface area (Å²) < 4.78 is 4.47. The Morgan fingerprint density at radius 1 is 1.39 bits per heavy atom. The summed E-state index contributed by atoms with van der Waals surface area (Å²) >= 11 is 11.5. The monoisotopic (exact) mass is 290 g/mol. The number of carbonyl (C=O) groups is 2. The van der Waals surface area contributed by atoms with Crippen molar-refractivity contribution in [1.82, 2.24) is 10.3 Å². The Labute approximate surface area is 114 Å². The standard InChI is InChI=1S/C11H12Cl2N2O3/c1-18-9(16)3-2-6-14-11(17)10-7(12)4-5-8(13)15-10/h4-5H,2-3,6H2,1H3,(H,14,17). The summed E-state index contributed by atoms with van der Waals surface area (Å²) in [5.74, 6) is -0.740. The highest BCUT2D eigenvalue weighted by Crippen LogP contribution is 2.16. The van der Waals surface area contributed by atoms with Gasteiger partial charge in [-0.05, 0) is 18.6 Å². The minimum atomic E-state index is -0.424. The van der Waals surface area contributed by atoms with Gasteiger partial charge in [0.1, 0.15) is 10.8 Å². The number of hydrogen-bond acceptors (Lipinski definition) is 4. The first-order valence-electron chi connectivity index (χ1n) is 5.21. The minimum absolute atomic E-state index is 0.0715. The van der Waals surface area contributed by atoms with Gasteiger partial charge in [0.25, 0.3) is 5.91 Å². The van der Waals surface area contributed by atoms with Crippen molar-refractivity contribution in [2.45, 2.75) is 12.8 Å². The Morgan fingerprint density at radius 3 is 2.78 bits per heavy atom. The maximum absolute atomic E-state index is 11.7. The Hall–Kier alpha value is -1.33. The van der Waals surface area contributed by atoms with Gasteiger partial charge in [-0.2, -0.15) is 0 Å². The lowest BCUT2D eigenvalue weighted by Gasteiger charge is -2.05. The summed E-state index contributed by atoms with van der Waals surface area (Å²) in [6.07, 6.45) is 0.726. The molecular weight excluding hydrogens is 279 g/mol. The first kappa shape index (κ1) is 14.7. The molecule has 0 fully saturated rings. The van der Waals surface area contributed by atoms with Gasteiger partial charge in [0.05, 0.1) is 12.1 Å². The Bertz CT molecular complexity index is 452. The highest BCUT2D eigenvalue weighted by molar-refractivity contribution is 6.34. The van der Waals surface area contributed by atoms with Crippen LogP contribution in [0.2, 0.25) is 10.2 Å². The van der Waals surface area contributed by atoms with Gasteiger partial charge in [0, 0.05) is 13.0 Å². The molecule has 0 atom stereocenters. The summed E-state index contributed by atoms with van der Waals surface area (Å²) in [6, 6.07) is 3.00. The number of ether oxygens (including phenoxy) is 1. The molecule has 0 aromatic carbocycles. The van der Waals surface area contributed by atoms with Crippen molar-refractivity contribution in [2.24, 2.45) is 0 Å². The van der Waals surface area contributed by atoms with E-state index in [1.807, 2.05) is 0 Å². The van der Waals surface area contributed by atoms with Gasteiger partial charge in [-0.1, -0.05) is 23.2 Å². The highest BCUT2D eigenvalue weighted by atomic mass is 35.5. The second-order valence-corrected chi connectivity index (χ2v) is 4.19. The van der Waals surface area contributed by atoms with E-state index in [1.165, 1.54) is 19.2 Å². The molecule has 0 radical (unpaired) electrons. The molecule has 1 heterocycles. The van der Waals surface area contributed by atoms with Crippen molar-refractivity contribution in [3.8, 4) is 0 Å². The number of rotatable bonds is 5. The van der Waals surface area contributed by atoms with Gasteiger partial charge in [0.15, 0.2) is 0 Å². The highest BCUT2D eigenvalue weighted by Gasteiger charge is 2.12. The lowest BCUT2D eigenvalue weighted by atomic mass is 10.3. The van der Waals surface area contributed by atoms with Crippen molar-refractivity contribution in [2.75, 3.05) is 13.7 Å². The number of pyridine rings is 1. The first-order chi connectivity index (χ1) is 8.54. The van der Waals surface area contributed by atoms with Gasteiger partial charge in [-0.25, -0.2) is 4.98 Å². The number of nitrogens with zero attached hydrogens (tertiary/aromatic N) is 1. The molecule has 0 unspecified atom stereocenters. The van der Waals surface area contributed by atoms with Crippen LogP contribution in [0.3, 0.4) is 0 Å². The third kappa shape index (κ3) is 4.50. The van der Waals surface area contributed by atoms with E-state index in [-0.39, 0.29) is 28.3 Å². The fraction of sp³-hybridized carbons (Fsp3) is 0.364. The van der Waals surface area contributed by atoms with Crippen LogP contribution in [-0.2, 0) is 9.53 Å². The molecule has 0 aliphatic rings. The molecule has 5 nitrogen and oxygen atoms in total. The number of methoxy groups -OCH3 is 1. The molecule has 0 saturated heterocycles. The summed E-state index contributed by atoms with van der Waals surface area (Å²) in [5.41, 5.74) is 0.0715. The summed E-state index contributed by atoms with van der Waals surface area (Å²) in [4.78, 5) is 26.4. The second kappa shape index (κ2) is 7.18. The van der Waals surface area contributed by atoms with Crippen LogP contribution in [0.15, 0.2) is 12.1 Å². The van der Waals surface area contributed by atoms with Crippen LogP contribution in [0.1, 0.15) is 23.3 Å². The molecule has 1 rings (SSSR count). The number of amides is 1. The van der Waals surface area contributed by atoms with Gasteiger partial charge in [-0.3, -0.25) is 9.59 Å². The number of aromatic nitrogens is 1. The van der Waals surface area contributed by atoms with E-state index < -0.39 is 5.91 Å². The zero-order valence-corrected chi connectivity index (χ0v) is 11.2. The molecule has 1 aromatic rings. The van der Waals surface area contributed by atoms with Gasteiger partial charge in [0.2, 0.25) is 0 Å². The third-order valence-corrected chi connectivity index (χ3v) is 2.61. The number of hydrogen-bond donors (Lipinski definition) is 1.